The first kappa shape index (κ1) is 9.97. The van der Waals surface area contributed by atoms with Crippen LogP contribution in [0.1, 0.15) is 44.9 Å². The van der Waals surface area contributed by atoms with E-state index in [2.05, 4.69) is 0 Å². The van der Waals surface area contributed by atoms with Gasteiger partial charge in [0.15, 0.2) is 0 Å². The molecule has 3 nitrogen and oxygen atoms in total. The van der Waals surface area contributed by atoms with E-state index in [9.17, 15) is 15.0 Å². The molecule has 2 rings (SSSR count). The highest BCUT2D eigenvalue weighted by Crippen LogP contribution is 2.52. The predicted octanol–water partition coefficient (Wildman–Crippen LogP) is 1.79. The summed E-state index contributed by atoms with van der Waals surface area (Å²) in [7, 11) is 0. The minimum atomic E-state index is -0.685. The van der Waals surface area contributed by atoms with E-state index < -0.39 is 11.4 Å². The van der Waals surface area contributed by atoms with Crippen molar-refractivity contribution in [2.45, 2.75) is 51.0 Å². The Morgan fingerprint density at radius 2 is 1.71 bits per heavy atom. The number of aliphatic hydroxyl groups excluding tert-OH is 1. The molecule has 14 heavy (non-hydrogen) atoms. The van der Waals surface area contributed by atoms with Gasteiger partial charge in [-0.3, -0.25) is 4.79 Å². The van der Waals surface area contributed by atoms with Gasteiger partial charge >= 0.3 is 5.97 Å². The molecule has 3 heteroatoms. The molecule has 2 N–H and O–H groups in total. The van der Waals surface area contributed by atoms with Gasteiger partial charge in [-0.15, -0.1) is 0 Å². The number of carboxylic acid groups (broad SMARTS) is 1. The van der Waals surface area contributed by atoms with Gasteiger partial charge < -0.3 is 10.2 Å². The number of aliphatic carboxylic acids is 1. The molecule has 0 aromatic rings. The maximum absolute atomic E-state index is 11.2. The lowest BCUT2D eigenvalue weighted by atomic mass is 9.56. The molecule has 2 saturated carbocycles. The maximum Gasteiger partial charge on any atom is 0.310 e. The third-order valence-electron chi connectivity index (χ3n) is 4.01. The van der Waals surface area contributed by atoms with Crippen LogP contribution in [0.4, 0.5) is 0 Å². The SMILES string of the molecule is O=C(O)C1(C2CCCCC2)CC(O)C1. The Hall–Kier alpha value is -0.570. The molecule has 0 unspecified atom stereocenters. The molecule has 0 heterocycles. The van der Waals surface area contributed by atoms with Gasteiger partial charge in [-0.25, -0.2) is 0 Å². The summed E-state index contributed by atoms with van der Waals surface area (Å²) in [6.45, 7) is 0. The van der Waals surface area contributed by atoms with Gasteiger partial charge in [0.25, 0.3) is 0 Å². The first-order chi connectivity index (χ1) is 6.65. The maximum atomic E-state index is 11.2. The second kappa shape index (κ2) is 3.54. The summed E-state index contributed by atoms with van der Waals surface area (Å²) < 4.78 is 0. The fourth-order valence-corrected chi connectivity index (χ4v) is 3.12. The molecule has 0 aromatic heterocycles. The first-order valence-electron chi connectivity index (χ1n) is 5.56. The summed E-state index contributed by atoms with van der Waals surface area (Å²) >= 11 is 0. The molecule has 0 aromatic carbocycles. The van der Waals surface area contributed by atoms with Crippen LogP contribution in [0.15, 0.2) is 0 Å². The van der Waals surface area contributed by atoms with E-state index in [0.717, 1.165) is 25.7 Å². The van der Waals surface area contributed by atoms with E-state index in [1.165, 1.54) is 6.42 Å². The molecule has 80 valence electrons. The highest BCUT2D eigenvalue weighted by Gasteiger charge is 2.54. The molecule has 0 aliphatic heterocycles. The van der Waals surface area contributed by atoms with Crippen molar-refractivity contribution in [2.75, 3.05) is 0 Å². The summed E-state index contributed by atoms with van der Waals surface area (Å²) in [5.41, 5.74) is -0.570. The van der Waals surface area contributed by atoms with E-state index in [1.807, 2.05) is 0 Å². The van der Waals surface area contributed by atoms with Crippen molar-refractivity contribution in [3.8, 4) is 0 Å². The van der Waals surface area contributed by atoms with Crippen molar-refractivity contribution in [1.82, 2.24) is 0 Å². The number of aliphatic hydroxyl groups is 1. The number of carbonyl (C=O) groups is 1. The summed E-state index contributed by atoms with van der Waals surface area (Å²) in [5.74, 6) is -0.369. The number of rotatable bonds is 2. The van der Waals surface area contributed by atoms with Crippen LogP contribution >= 0.6 is 0 Å². The molecular formula is C11H18O3. The molecule has 0 amide bonds. The minimum Gasteiger partial charge on any atom is -0.481 e. The average Bonchev–Trinajstić information content (AvgIpc) is 2.13. The average molecular weight is 198 g/mol. The van der Waals surface area contributed by atoms with Crippen LogP contribution in [-0.4, -0.2) is 22.3 Å². The van der Waals surface area contributed by atoms with Gasteiger partial charge in [0.2, 0.25) is 0 Å². The largest absolute Gasteiger partial charge is 0.481 e. The van der Waals surface area contributed by atoms with Gasteiger partial charge in [0.05, 0.1) is 11.5 Å². The van der Waals surface area contributed by atoms with Crippen molar-refractivity contribution in [2.24, 2.45) is 11.3 Å². The highest BCUT2D eigenvalue weighted by atomic mass is 16.4. The molecule has 0 radical (unpaired) electrons. The molecule has 2 fully saturated rings. The van der Waals surface area contributed by atoms with Crippen molar-refractivity contribution in [3.05, 3.63) is 0 Å². The van der Waals surface area contributed by atoms with Gasteiger partial charge in [-0.05, 0) is 31.6 Å². The van der Waals surface area contributed by atoms with Crippen LogP contribution < -0.4 is 0 Å². The zero-order valence-corrected chi connectivity index (χ0v) is 8.41. The summed E-state index contributed by atoms with van der Waals surface area (Å²) in [6.07, 6.45) is 6.24. The topological polar surface area (TPSA) is 57.5 Å². The standard InChI is InChI=1S/C11H18O3/c12-9-6-11(7-9,10(13)14)8-4-2-1-3-5-8/h8-9,12H,1-7H2,(H,13,14). The molecule has 0 atom stereocenters. The Morgan fingerprint density at radius 1 is 1.14 bits per heavy atom. The summed E-state index contributed by atoms with van der Waals surface area (Å²) in [5, 5.41) is 18.5. The summed E-state index contributed by atoms with van der Waals surface area (Å²) in [6, 6.07) is 0. The van der Waals surface area contributed by atoms with Crippen molar-refractivity contribution >= 4 is 5.97 Å². The van der Waals surface area contributed by atoms with Crippen LogP contribution in [0.2, 0.25) is 0 Å². The van der Waals surface area contributed by atoms with Crippen LogP contribution in [0.3, 0.4) is 0 Å². The van der Waals surface area contributed by atoms with Crippen LogP contribution in [-0.2, 0) is 4.79 Å². The van der Waals surface area contributed by atoms with Crippen LogP contribution in [0, 0.1) is 11.3 Å². The second-order valence-corrected chi connectivity index (χ2v) is 4.86. The molecule has 0 bridgehead atoms. The quantitative estimate of drug-likeness (QED) is 0.711. The smallest absolute Gasteiger partial charge is 0.310 e. The summed E-state index contributed by atoms with van der Waals surface area (Å²) in [4.78, 5) is 11.2. The third-order valence-corrected chi connectivity index (χ3v) is 4.01. The zero-order valence-electron chi connectivity index (χ0n) is 8.41. The normalized spacial score (nSPS) is 39.1. The monoisotopic (exact) mass is 198 g/mol. The Morgan fingerprint density at radius 3 is 2.14 bits per heavy atom. The fraction of sp³-hybridized carbons (Fsp3) is 0.909. The van der Waals surface area contributed by atoms with Crippen molar-refractivity contribution in [3.63, 3.8) is 0 Å². The van der Waals surface area contributed by atoms with Crippen molar-refractivity contribution < 1.29 is 15.0 Å². The zero-order chi connectivity index (χ0) is 10.2. The number of hydrogen-bond donors (Lipinski definition) is 2. The lowest BCUT2D eigenvalue weighted by molar-refractivity contribution is -0.172. The Balaban J connectivity index is 2.07. The van der Waals surface area contributed by atoms with Gasteiger partial charge in [-0.2, -0.15) is 0 Å². The van der Waals surface area contributed by atoms with Crippen LogP contribution in [0.25, 0.3) is 0 Å². The van der Waals surface area contributed by atoms with Gasteiger partial charge in [0, 0.05) is 0 Å². The lowest BCUT2D eigenvalue weighted by Crippen LogP contribution is -2.52. The van der Waals surface area contributed by atoms with E-state index in [0.29, 0.717) is 18.8 Å². The fourth-order valence-electron chi connectivity index (χ4n) is 3.12. The molecule has 2 aliphatic rings. The first-order valence-corrected chi connectivity index (χ1v) is 5.56. The van der Waals surface area contributed by atoms with E-state index in [4.69, 9.17) is 0 Å². The Bertz CT molecular complexity index is 225. The highest BCUT2D eigenvalue weighted by molar-refractivity contribution is 5.76. The number of carboxylic acids is 1. The molecule has 2 aliphatic carbocycles. The van der Waals surface area contributed by atoms with Crippen molar-refractivity contribution in [1.29, 1.82) is 0 Å². The van der Waals surface area contributed by atoms with E-state index in [-0.39, 0.29) is 6.10 Å². The van der Waals surface area contributed by atoms with Gasteiger partial charge in [0.1, 0.15) is 0 Å². The Kier molecular flexibility index (Phi) is 2.52. The molecule has 0 saturated heterocycles. The number of hydrogen-bond acceptors (Lipinski definition) is 2. The van der Waals surface area contributed by atoms with Gasteiger partial charge in [-0.1, -0.05) is 19.3 Å². The predicted molar refractivity (Wildman–Crippen MR) is 51.9 cm³/mol. The molecular weight excluding hydrogens is 180 g/mol. The Labute approximate surface area is 84.1 Å². The lowest BCUT2D eigenvalue weighted by Gasteiger charge is -2.48. The van der Waals surface area contributed by atoms with Crippen LogP contribution in [0.5, 0.6) is 0 Å². The van der Waals surface area contributed by atoms with E-state index >= 15 is 0 Å². The van der Waals surface area contributed by atoms with E-state index in [1.54, 1.807) is 0 Å². The third kappa shape index (κ3) is 1.44. The second-order valence-electron chi connectivity index (χ2n) is 4.86. The molecule has 0 spiro atoms. The minimum absolute atomic E-state index is 0.317.